The SMILES string of the molecule is CCN(CCNC)CC(C=N)=C(N)[C@@H]1CCC2(CCC(C)(C)CC2)OC1. The van der Waals surface area contributed by atoms with Gasteiger partial charge in [0.2, 0.25) is 0 Å². The third kappa shape index (κ3) is 5.54. The van der Waals surface area contributed by atoms with E-state index in [-0.39, 0.29) is 11.5 Å². The maximum Gasteiger partial charge on any atom is 0.0683 e. The molecule has 0 aromatic rings. The van der Waals surface area contributed by atoms with Gasteiger partial charge in [0.05, 0.1) is 12.2 Å². The Balaban J connectivity index is 1.95. The fourth-order valence-corrected chi connectivity index (χ4v) is 4.23. The lowest BCUT2D eigenvalue weighted by atomic mass is 9.68. The summed E-state index contributed by atoms with van der Waals surface area (Å²) in [5, 5.41) is 11.0. The molecule has 2 rings (SSSR count). The van der Waals surface area contributed by atoms with Crippen LogP contribution in [0.15, 0.2) is 11.3 Å². The van der Waals surface area contributed by atoms with E-state index in [0.29, 0.717) is 12.0 Å². The molecule has 1 aliphatic carbocycles. The lowest BCUT2D eigenvalue weighted by molar-refractivity contribution is -0.127. The Morgan fingerprint density at radius 2 is 1.96 bits per heavy atom. The zero-order chi connectivity index (χ0) is 19.2. The van der Waals surface area contributed by atoms with Gasteiger partial charge in [-0.15, -0.1) is 0 Å². The van der Waals surface area contributed by atoms with Crippen molar-refractivity contribution in [2.75, 3.05) is 39.8 Å². The normalized spacial score (nSPS) is 26.0. The molecule has 26 heavy (non-hydrogen) atoms. The van der Waals surface area contributed by atoms with Crippen molar-refractivity contribution in [2.24, 2.45) is 17.1 Å². The maximum atomic E-state index is 7.84. The molecule has 0 bridgehead atoms. The number of hydrogen-bond acceptors (Lipinski definition) is 5. The van der Waals surface area contributed by atoms with Crippen molar-refractivity contribution < 1.29 is 4.74 Å². The summed E-state index contributed by atoms with van der Waals surface area (Å²) in [6.45, 7) is 11.3. The van der Waals surface area contributed by atoms with Crippen LogP contribution in [0.3, 0.4) is 0 Å². The minimum absolute atomic E-state index is 0.0966. The van der Waals surface area contributed by atoms with Crippen molar-refractivity contribution in [2.45, 2.75) is 64.9 Å². The summed E-state index contributed by atoms with van der Waals surface area (Å²) in [6, 6.07) is 0. The quantitative estimate of drug-likeness (QED) is 0.578. The van der Waals surface area contributed by atoms with E-state index in [1.807, 2.05) is 7.05 Å². The van der Waals surface area contributed by atoms with Crippen molar-refractivity contribution in [1.82, 2.24) is 10.2 Å². The highest BCUT2D eigenvalue weighted by atomic mass is 16.5. The summed E-state index contributed by atoms with van der Waals surface area (Å²) in [5.74, 6) is 0.259. The van der Waals surface area contributed by atoms with Gasteiger partial charge in [-0.3, -0.25) is 4.90 Å². The van der Waals surface area contributed by atoms with Crippen LogP contribution in [0.5, 0.6) is 0 Å². The molecule has 1 saturated carbocycles. The molecule has 0 aromatic carbocycles. The molecule has 0 amide bonds. The minimum atomic E-state index is 0.0966. The monoisotopic (exact) mass is 364 g/mol. The minimum Gasteiger partial charge on any atom is -0.401 e. The molecule has 5 heteroatoms. The molecular weight excluding hydrogens is 324 g/mol. The van der Waals surface area contributed by atoms with Crippen molar-refractivity contribution in [3.8, 4) is 0 Å². The predicted octanol–water partition coefficient (Wildman–Crippen LogP) is 3.16. The van der Waals surface area contributed by atoms with E-state index in [1.54, 1.807) is 0 Å². The number of ether oxygens (including phenoxy) is 1. The molecular formula is C21H40N4O. The predicted molar refractivity (Wildman–Crippen MR) is 110 cm³/mol. The summed E-state index contributed by atoms with van der Waals surface area (Å²) in [5.41, 5.74) is 8.89. The zero-order valence-electron chi connectivity index (χ0n) is 17.4. The summed E-state index contributed by atoms with van der Waals surface area (Å²) >= 11 is 0. The summed E-state index contributed by atoms with van der Waals surface area (Å²) in [4.78, 5) is 2.33. The third-order valence-electron chi connectivity index (χ3n) is 6.56. The molecule has 2 aliphatic rings. The second-order valence-corrected chi connectivity index (χ2v) is 8.99. The average molecular weight is 365 g/mol. The van der Waals surface area contributed by atoms with Crippen LogP contribution >= 0.6 is 0 Å². The number of rotatable bonds is 8. The van der Waals surface area contributed by atoms with Crippen molar-refractivity contribution in [1.29, 1.82) is 5.41 Å². The Kier molecular flexibility index (Phi) is 7.68. The molecule has 1 aliphatic heterocycles. The van der Waals surface area contributed by atoms with Gasteiger partial charge >= 0.3 is 0 Å². The largest absolute Gasteiger partial charge is 0.401 e. The first kappa shape index (κ1) is 21.4. The first-order valence-corrected chi connectivity index (χ1v) is 10.3. The lowest BCUT2D eigenvalue weighted by Crippen LogP contribution is -2.45. The van der Waals surface area contributed by atoms with Crippen LogP contribution in [0.2, 0.25) is 0 Å². The van der Waals surface area contributed by atoms with Crippen LogP contribution in [-0.4, -0.2) is 56.5 Å². The Morgan fingerprint density at radius 3 is 2.46 bits per heavy atom. The summed E-state index contributed by atoms with van der Waals surface area (Å²) in [7, 11) is 1.97. The van der Waals surface area contributed by atoms with Crippen molar-refractivity contribution >= 4 is 6.21 Å². The Labute approximate surface area is 160 Å². The van der Waals surface area contributed by atoms with Crippen LogP contribution in [-0.2, 0) is 4.74 Å². The van der Waals surface area contributed by atoms with Crippen LogP contribution < -0.4 is 11.1 Å². The van der Waals surface area contributed by atoms with E-state index in [1.165, 1.54) is 31.9 Å². The molecule has 1 heterocycles. The smallest absolute Gasteiger partial charge is 0.0683 e. The van der Waals surface area contributed by atoms with Gasteiger partial charge in [-0.2, -0.15) is 0 Å². The van der Waals surface area contributed by atoms with Gasteiger partial charge in [-0.1, -0.05) is 20.8 Å². The molecule has 1 spiro atoms. The highest BCUT2D eigenvalue weighted by Gasteiger charge is 2.42. The molecule has 0 unspecified atom stereocenters. The number of likely N-dealkylation sites (N-methyl/N-ethyl adjacent to an activating group) is 2. The third-order valence-corrected chi connectivity index (χ3v) is 6.56. The fourth-order valence-electron chi connectivity index (χ4n) is 4.23. The Hall–Kier alpha value is -0.910. The highest BCUT2D eigenvalue weighted by molar-refractivity contribution is 5.77. The topological polar surface area (TPSA) is 74.4 Å². The molecule has 4 N–H and O–H groups in total. The summed E-state index contributed by atoms with van der Waals surface area (Å²) < 4.78 is 6.41. The molecule has 0 radical (unpaired) electrons. The van der Waals surface area contributed by atoms with Gasteiger partial charge in [-0.05, 0) is 57.5 Å². The highest BCUT2D eigenvalue weighted by Crippen LogP contribution is 2.46. The van der Waals surface area contributed by atoms with E-state index in [2.05, 4.69) is 31.0 Å². The Bertz CT molecular complexity index is 480. The molecule has 2 fully saturated rings. The van der Waals surface area contributed by atoms with Gasteiger partial charge < -0.3 is 21.2 Å². The number of hydrogen-bond donors (Lipinski definition) is 3. The van der Waals surface area contributed by atoms with E-state index in [4.69, 9.17) is 15.9 Å². The number of nitrogens with one attached hydrogen (secondary N) is 2. The van der Waals surface area contributed by atoms with E-state index < -0.39 is 0 Å². The molecule has 1 saturated heterocycles. The van der Waals surface area contributed by atoms with Gasteiger partial charge in [0.15, 0.2) is 0 Å². The van der Waals surface area contributed by atoms with E-state index >= 15 is 0 Å². The summed E-state index contributed by atoms with van der Waals surface area (Å²) in [6.07, 6.45) is 8.52. The van der Waals surface area contributed by atoms with E-state index in [0.717, 1.165) is 50.3 Å². The standard InChI is InChI=1S/C21H40N4O/c1-5-25(13-12-24-4)15-18(14-22)19(23)17-6-7-21(26-16-17)10-8-20(2,3)9-11-21/h14,17,22,24H,5-13,15-16,23H2,1-4H3/t17-/m1/s1. The number of nitrogens with zero attached hydrogens (tertiary/aromatic N) is 1. The first-order valence-electron chi connectivity index (χ1n) is 10.3. The lowest BCUT2D eigenvalue weighted by Gasteiger charge is -2.47. The van der Waals surface area contributed by atoms with Gasteiger partial charge in [0, 0.05) is 43.0 Å². The molecule has 150 valence electrons. The van der Waals surface area contributed by atoms with Crippen LogP contribution in [0, 0.1) is 16.7 Å². The van der Waals surface area contributed by atoms with Crippen molar-refractivity contribution in [3.05, 3.63) is 11.3 Å². The molecule has 1 atom stereocenters. The van der Waals surface area contributed by atoms with E-state index in [9.17, 15) is 0 Å². The van der Waals surface area contributed by atoms with Gasteiger partial charge in [0.25, 0.3) is 0 Å². The number of nitrogens with two attached hydrogens (primary N) is 1. The molecule has 5 nitrogen and oxygen atoms in total. The van der Waals surface area contributed by atoms with Crippen molar-refractivity contribution in [3.63, 3.8) is 0 Å². The van der Waals surface area contributed by atoms with Crippen LogP contribution in [0.4, 0.5) is 0 Å². The first-order chi connectivity index (χ1) is 12.3. The second-order valence-electron chi connectivity index (χ2n) is 8.99. The maximum absolute atomic E-state index is 7.84. The zero-order valence-corrected chi connectivity index (χ0v) is 17.4. The average Bonchev–Trinajstić information content (AvgIpc) is 2.65. The van der Waals surface area contributed by atoms with Gasteiger partial charge in [0.1, 0.15) is 0 Å². The second kappa shape index (κ2) is 9.34. The van der Waals surface area contributed by atoms with Crippen LogP contribution in [0.1, 0.15) is 59.3 Å². The van der Waals surface area contributed by atoms with Gasteiger partial charge in [-0.25, -0.2) is 0 Å². The molecule has 0 aromatic heterocycles. The van der Waals surface area contributed by atoms with Crippen LogP contribution in [0.25, 0.3) is 0 Å². The Morgan fingerprint density at radius 1 is 1.27 bits per heavy atom. The fraction of sp³-hybridized carbons (Fsp3) is 0.857.